The second-order valence-electron chi connectivity index (χ2n) is 6.57. The number of anilines is 1. The molecule has 1 aliphatic heterocycles. The van der Waals surface area contributed by atoms with Crippen LogP contribution in [-0.4, -0.2) is 0 Å². The molecule has 2 aromatic carbocycles. The molecule has 0 radical (unpaired) electrons. The Kier molecular flexibility index (Phi) is 3.87. The van der Waals surface area contributed by atoms with E-state index < -0.39 is 0 Å². The molecule has 0 aromatic heterocycles. The van der Waals surface area contributed by atoms with Crippen LogP contribution in [0.3, 0.4) is 0 Å². The highest BCUT2D eigenvalue weighted by atomic mass is 35.5. The molecule has 1 heterocycles. The van der Waals surface area contributed by atoms with E-state index in [1.165, 1.54) is 23.2 Å². The van der Waals surface area contributed by atoms with E-state index in [4.69, 9.17) is 23.2 Å². The quantitative estimate of drug-likeness (QED) is 0.581. The molecule has 118 valence electrons. The van der Waals surface area contributed by atoms with Gasteiger partial charge in [-0.15, -0.1) is 0 Å². The van der Waals surface area contributed by atoms with Gasteiger partial charge in [0.1, 0.15) is 0 Å². The monoisotopic (exact) mass is 343 g/mol. The number of aryl methyl sites for hydroxylation is 1. The van der Waals surface area contributed by atoms with Crippen molar-refractivity contribution in [3.63, 3.8) is 0 Å². The topological polar surface area (TPSA) is 12.0 Å². The number of nitrogens with one attached hydrogen (secondary N) is 1. The van der Waals surface area contributed by atoms with E-state index in [1.807, 2.05) is 12.1 Å². The molecule has 3 unspecified atom stereocenters. The summed E-state index contributed by atoms with van der Waals surface area (Å²) in [7, 11) is 0. The highest BCUT2D eigenvalue weighted by molar-refractivity contribution is 6.35. The van der Waals surface area contributed by atoms with E-state index in [0.717, 1.165) is 17.0 Å². The third-order valence-electron chi connectivity index (χ3n) is 5.07. The van der Waals surface area contributed by atoms with Crippen LogP contribution in [0.5, 0.6) is 0 Å². The third kappa shape index (κ3) is 2.66. The maximum atomic E-state index is 6.50. The number of fused-ring (bicyclic) bond motifs is 3. The first-order valence-electron chi connectivity index (χ1n) is 8.12. The molecule has 2 aliphatic rings. The first-order valence-corrected chi connectivity index (χ1v) is 8.88. The van der Waals surface area contributed by atoms with E-state index in [9.17, 15) is 0 Å². The van der Waals surface area contributed by atoms with Crippen molar-refractivity contribution < 1.29 is 0 Å². The fourth-order valence-electron chi connectivity index (χ4n) is 3.99. The van der Waals surface area contributed by atoms with Gasteiger partial charge < -0.3 is 5.32 Å². The third-order valence-corrected chi connectivity index (χ3v) is 5.64. The van der Waals surface area contributed by atoms with Crippen LogP contribution in [0.2, 0.25) is 10.0 Å². The maximum absolute atomic E-state index is 6.50. The Morgan fingerprint density at radius 2 is 1.91 bits per heavy atom. The van der Waals surface area contributed by atoms with Crippen molar-refractivity contribution in [1.82, 2.24) is 0 Å². The van der Waals surface area contributed by atoms with Crippen molar-refractivity contribution in [3.8, 4) is 0 Å². The fourth-order valence-corrected chi connectivity index (χ4v) is 4.51. The number of hydrogen-bond acceptors (Lipinski definition) is 1. The zero-order valence-corrected chi connectivity index (χ0v) is 14.5. The average Bonchev–Trinajstić information content (AvgIpc) is 2.55. The molecule has 4 rings (SSSR count). The summed E-state index contributed by atoms with van der Waals surface area (Å²) in [6.45, 7) is 2.16. The van der Waals surface area contributed by atoms with Crippen molar-refractivity contribution in [2.24, 2.45) is 5.92 Å². The highest BCUT2D eigenvalue weighted by Gasteiger charge is 2.37. The second kappa shape index (κ2) is 5.89. The Labute approximate surface area is 147 Å². The Morgan fingerprint density at radius 1 is 1.04 bits per heavy atom. The predicted molar refractivity (Wildman–Crippen MR) is 98.6 cm³/mol. The van der Waals surface area contributed by atoms with Gasteiger partial charge in [0.2, 0.25) is 0 Å². The van der Waals surface area contributed by atoms with Crippen molar-refractivity contribution in [2.45, 2.75) is 31.7 Å². The van der Waals surface area contributed by atoms with Crippen molar-refractivity contribution in [3.05, 3.63) is 75.3 Å². The number of rotatable bonds is 1. The number of halogens is 2. The van der Waals surface area contributed by atoms with Gasteiger partial charge in [-0.05, 0) is 55.0 Å². The van der Waals surface area contributed by atoms with Crippen LogP contribution in [0.25, 0.3) is 0 Å². The van der Waals surface area contributed by atoms with Gasteiger partial charge in [0.15, 0.2) is 0 Å². The molecule has 0 bridgehead atoms. The lowest BCUT2D eigenvalue weighted by Gasteiger charge is -2.42. The molecule has 0 spiro atoms. The van der Waals surface area contributed by atoms with Gasteiger partial charge in [-0.3, -0.25) is 0 Å². The van der Waals surface area contributed by atoms with Crippen molar-refractivity contribution in [1.29, 1.82) is 0 Å². The Hall–Kier alpha value is -1.44. The molecule has 3 atom stereocenters. The summed E-state index contributed by atoms with van der Waals surface area (Å²) in [6.07, 6.45) is 7.00. The number of hydrogen-bond donors (Lipinski definition) is 1. The smallest absolute Gasteiger partial charge is 0.0565 e. The van der Waals surface area contributed by atoms with E-state index >= 15 is 0 Å². The van der Waals surface area contributed by atoms with Crippen LogP contribution in [0.15, 0.2) is 48.6 Å². The van der Waals surface area contributed by atoms with Gasteiger partial charge >= 0.3 is 0 Å². The zero-order chi connectivity index (χ0) is 16.0. The van der Waals surface area contributed by atoms with Crippen LogP contribution >= 0.6 is 23.2 Å². The van der Waals surface area contributed by atoms with Crippen LogP contribution < -0.4 is 5.32 Å². The van der Waals surface area contributed by atoms with E-state index in [0.29, 0.717) is 16.9 Å². The first kappa shape index (κ1) is 15.1. The van der Waals surface area contributed by atoms with Crippen LogP contribution in [0.4, 0.5) is 5.69 Å². The minimum absolute atomic E-state index is 0.227. The molecular formula is C20H19Cl2N. The molecule has 0 amide bonds. The van der Waals surface area contributed by atoms with Crippen LogP contribution in [0, 0.1) is 12.8 Å². The lowest BCUT2D eigenvalue weighted by Crippen LogP contribution is -2.32. The highest BCUT2D eigenvalue weighted by Crippen LogP contribution is 2.50. The normalized spacial score (nSPS) is 25.4. The molecule has 0 saturated carbocycles. The molecule has 1 nitrogen and oxygen atoms in total. The SMILES string of the molecule is Cc1ccc2c(c1)C1C=CCCC1C(c1ccc(Cl)cc1Cl)N2. The lowest BCUT2D eigenvalue weighted by atomic mass is 9.70. The van der Waals surface area contributed by atoms with E-state index in [-0.39, 0.29) is 6.04 Å². The van der Waals surface area contributed by atoms with Gasteiger partial charge in [0.25, 0.3) is 0 Å². The van der Waals surface area contributed by atoms with Crippen molar-refractivity contribution in [2.75, 3.05) is 5.32 Å². The molecule has 1 N–H and O–H groups in total. The molecule has 0 saturated heterocycles. The second-order valence-corrected chi connectivity index (χ2v) is 7.42. The zero-order valence-electron chi connectivity index (χ0n) is 13.0. The van der Waals surface area contributed by atoms with Gasteiger partial charge in [-0.2, -0.15) is 0 Å². The predicted octanol–water partition coefficient (Wildman–Crippen LogP) is 6.52. The average molecular weight is 344 g/mol. The summed E-state index contributed by atoms with van der Waals surface area (Å²) in [5.74, 6) is 0.977. The Balaban J connectivity index is 1.83. The molecule has 3 heteroatoms. The summed E-state index contributed by atoms with van der Waals surface area (Å²) in [4.78, 5) is 0. The standard InChI is InChI=1S/C20H19Cl2N/c1-12-6-9-19-17(10-12)14-4-2-3-5-15(14)20(23-19)16-8-7-13(21)11-18(16)22/h2,4,6-11,14-15,20,23H,3,5H2,1H3. The summed E-state index contributed by atoms with van der Waals surface area (Å²) in [6, 6.07) is 12.7. The van der Waals surface area contributed by atoms with Gasteiger partial charge in [-0.1, -0.05) is 59.1 Å². The minimum Gasteiger partial charge on any atom is -0.378 e. The fraction of sp³-hybridized carbons (Fsp3) is 0.300. The summed E-state index contributed by atoms with van der Waals surface area (Å²) < 4.78 is 0. The van der Waals surface area contributed by atoms with E-state index in [1.54, 1.807) is 0 Å². The summed E-state index contributed by atoms with van der Waals surface area (Å²) >= 11 is 12.6. The van der Waals surface area contributed by atoms with Crippen molar-refractivity contribution >= 4 is 28.9 Å². The first-order chi connectivity index (χ1) is 11.1. The number of benzene rings is 2. The molecule has 0 fully saturated rings. The van der Waals surface area contributed by atoms with Gasteiger partial charge in [-0.25, -0.2) is 0 Å². The van der Waals surface area contributed by atoms with E-state index in [2.05, 4.69) is 48.7 Å². The Bertz CT molecular complexity index is 781. The summed E-state index contributed by atoms with van der Waals surface area (Å²) in [5.41, 5.74) is 5.09. The maximum Gasteiger partial charge on any atom is 0.0565 e. The minimum atomic E-state index is 0.227. The van der Waals surface area contributed by atoms with Crippen LogP contribution in [-0.2, 0) is 0 Å². The van der Waals surface area contributed by atoms with Gasteiger partial charge in [0.05, 0.1) is 6.04 Å². The molecule has 2 aromatic rings. The number of allylic oxidation sites excluding steroid dienone is 2. The summed E-state index contributed by atoms with van der Waals surface area (Å²) in [5, 5.41) is 5.17. The largest absolute Gasteiger partial charge is 0.378 e. The van der Waals surface area contributed by atoms with Crippen LogP contribution in [0.1, 0.15) is 41.5 Å². The molecule has 23 heavy (non-hydrogen) atoms. The van der Waals surface area contributed by atoms with Gasteiger partial charge in [0, 0.05) is 21.7 Å². The lowest BCUT2D eigenvalue weighted by molar-refractivity contribution is 0.363. The molecular weight excluding hydrogens is 325 g/mol. The Morgan fingerprint density at radius 3 is 2.74 bits per heavy atom. The molecule has 1 aliphatic carbocycles.